The number of halogens is 3. The van der Waals surface area contributed by atoms with Crippen molar-refractivity contribution in [3.8, 4) is 11.5 Å². The van der Waals surface area contributed by atoms with Gasteiger partial charge in [-0.3, -0.25) is 9.69 Å². The Labute approximate surface area is 213 Å². The number of carbonyl (C=O) groups excluding carboxylic acids is 2. The summed E-state index contributed by atoms with van der Waals surface area (Å²) in [5.74, 6) is -1.40. The summed E-state index contributed by atoms with van der Waals surface area (Å²) in [6.07, 6.45) is -2.02. The number of carboxylic acids is 1. The van der Waals surface area contributed by atoms with Crippen LogP contribution in [0.3, 0.4) is 0 Å². The molecule has 1 aliphatic rings. The zero-order valence-electron chi connectivity index (χ0n) is 20.8. The first-order valence-electron chi connectivity index (χ1n) is 11.9. The molecule has 0 spiro atoms. The summed E-state index contributed by atoms with van der Waals surface area (Å²) in [7, 11) is 0. The molecule has 37 heavy (non-hydrogen) atoms. The normalized spacial score (nSPS) is 15.1. The molecule has 0 radical (unpaired) electrons. The number of rotatable bonds is 8. The molecule has 3 N–H and O–H groups in total. The van der Waals surface area contributed by atoms with E-state index in [4.69, 9.17) is 10.2 Å². The molecule has 2 aromatic rings. The fourth-order valence-electron chi connectivity index (χ4n) is 3.92. The number of nitrogens with one attached hydrogen (secondary N) is 1. The number of urea groups is 1. The highest BCUT2D eigenvalue weighted by atomic mass is 19.4. The van der Waals surface area contributed by atoms with E-state index in [9.17, 15) is 27.6 Å². The van der Waals surface area contributed by atoms with Gasteiger partial charge in [0.1, 0.15) is 11.5 Å². The van der Waals surface area contributed by atoms with Crippen LogP contribution in [0.15, 0.2) is 48.5 Å². The topological polar surface area (TPSA) is 116 Å². The molecular weight excluding hydrogens is 493 g/mol. The van der Waals surface area contributed by atoms with Gasteiger partial charge in [0, 0.05) is 6.54 Å². The number of hydrogen-bond donors (Lipinski definition) is 3. The van der Waals surface area contributed by atoms with Gasteiger partial charge in [-0.1, -0.05) is 39.3 Å². The van der Waals surface area contributed by atoms with Gasteiger partial charge in [-0.2, -0.15) is 0 Å². The molecule has 0 aromatic heterocycles. The highest BCUT2D eigenvalue weighted by molar-refractivity contribution is 6.02. The molecule has 2 aromatic carbocycles. The SMILES string of the molecule is CCCC(NC(=O)N1CC(CC)(CC)C1=O)c1ccc(OC(F)(F)F)cc1.O=C(O)c1ccc(O)cc1. The minimum atomic E-state index is -4.75. The Morgan fingerprint density at radius 1 is 1.05 bits per heavy atom. The van der Waals surface area contributed by atoms with Gasteiger partial charge in [0.15, 0.2) is 0 Å². The number of phenolic OH excluding ortho intramolecular Hbond substituents is 1. The third-order valence-electron chi connectivity index (χ3n) is 6.26. The van der Waals surface area contributed by atoms with Crippen molar-refractivity contribution >= 4 is 17.9 Å². The molecule has 3 rings (SSSR count). The Morgan fingerprint density at radius 3 is 2.05 bits per heavy atom. The predicted octanol–water partition coefficient (Wildman–Crippen LogP) is 5.88. The van der Waals surface area contributed by atoms with Crippen molar-refractivity contribution in [2.24, 2.45) is 5.41 Å². The highest BCUT2D eigenvalue weighted by Crippen LogP contribution is 2.39. The van der Waals surface area contributed by atoms with Crippen LogP contribution in [0.1, 0.15) is 68.4 Å². The molecular formula is C26H31F3N2O6. The lowest BCUT2D eigenvalue weighted by Gasteiger charge is -2.47. The molecule has 202 valence electrons. The fourth-order valence-corrected chi connectivity index (χ4v) is 3.92. The minimum absolute atomic E-state index is 0.0741. The average Bonchev–Trinajstić information content (AvgIpc) is 2.84. The van der Waals surface area contributed by atoms with Crippen LogP contribution in [0.2, 0.25) is 0 Å². The number of amides is 3. The number of carboxylic acid groups (broad SMARTS) is 1. The minimum Gasteiger partial charge on any atom is -0.508 e. The van der Waals surface area contributed by atoms with Crippen LogP contribution in [0.5, 0.6) is 11.5 Å². The summed E-state index contributed by atoms with van der Waals surface area (Å²) < 4.78 is 40.7. The number of alkyl halides is 3. The van der Waals surface area contributed by atoms with E-state index >= 15 is 0 Å². The number of nitrogens with zero attached hydrogens (tertiary/aromatic N) is 1. The summed E-state index contributed by atoms with van der Waals surface area (Å²) in [5, 5.41) is 20.0. The van der Waals surface area contributed by atoms with E-state index in [1.807, 2.05) is 20.8 Å². The van der Waals surface area contributed by atoms with Gasteiger partial charge >= 0.3 is 18.4 Å². The second kappa shape index (κ2) is 12.5. The summed E-state index contributed by atoms with van der Waals surface area (Å²) in [5.41, 5.74) is 0.386. The van der Waals surface area contributed by atoms with Gasteiger partial charge in [0.2, 0.25) is 5.91 Å². The molecule has 3 amide bonds. The second-order valence-corrected chi connectivity index (χ2v) is 8.64. The number of phenols is 1. The zero-order chi connectivity index (χ0) is 27.8. The van der Waals surface area contributed by atoms with E-state index in [0.717, 1.165) is 6.42 Å². The Kier molecular flexibility index (Phi) is 9.93. The number of benzene rings is 2. The van der Waals surface area contributed by atoms with Crippen molar-refractivity contribution in [2.45, 2.75) is 58.9 Å². The van der Waals surface area contributed by atoms with Gasteiger partial charge in [0.05, 0.1) is 17.0 Å². The lowest BCUT2D eigenvalue weighted by molar-refractivity contribution is -0.274. The molecule has 0 bridgehead atoms. The van der Waals surface area contributed by atoms with Crippen LogP contribution in [0.25, 0.3) is 0 Å². The monoisotopic (exact) mass is 524 g/mol. The van der Waals surface area contributed by atoms with Crippen molar-refractivity contribution in [3.63, 3.8) is 0 Å². The number of carbonyl (C=O) groups is 3. The van der Waals surface area contributed by atoms with Crippen LogP contribution in [-0.2, 0) is 4.79 Å². The number of hydrogen-bond acceptors (Lipinski definition) is 5. The first-order valence-corrected chi connectivity index (χ1v) is 11.9. The van der Waals surface area contributed by atoms with Crippen molar-refractivity contribution in [3.05, 3.63) is 59.7 Å². The molecule has 0 aliphatic carbocycles. The Morgan fingerprint density at radius 2 is 1.62 bits per heavy atom. The first kappa shape index (κ1) is 29.5. The number of aromatic carboxylic acids is 1. The Hall–Kier alpha value is -3.76. The van der Waals surface area contributed by atoms with Crippen molar-refractivity contribution < 1.29 is 42.5 Å². The third kappa shape index (κ3) is 7.86. The number of β-lactam (4-membered cyclic amide) rings is 1. The summed E-state index contributed by atoms with van der Waals surface area (Å²) in [6, 6.07) is 9.91. The molecule has 11 heteroatoms. The second-order valence-electron chi connectivity index (χ2n) is 8.64. The van der Waals surface area contributed by atoms with Crippen LogP contribution in [-0.4, -0.2) is 45.9 Å². The lowest BCUT2D eigenvalue weighted by Crippen LogP contribution is -2.65. The molecule has 1 fully saturated rings. The maximum Gasteiger partial charge on any atom is 0.573 e. The van der Waals surface area contributed by atoms with Crippen molar-refractivity contribution in [1.29, 1.82) is 0 Å². The molecule has 1 aliphatic heterocycles. The molecule has 1 heterocycles. The first-order chi connectivity index (χ1) is 17.4. The molecule has 1 unspecified atom stereocenters. The number of likely N-dealkylation sites (tertiary alicyclic amines) is 1. The zero-order valence-corrected chi connectivity index (χ0v) is 20.8. The molecule has 1 atom stereocenters. The Bertz CT molecular complexity index is 1070. The van der Waals surface area contributed by atoms with Crippen molar-refractivity contribution in [1.82, 2.24) is 10.2 Å². The van der Waals surface area contributed by atoms with E-state index in [0.29, 0.717) is 31.4 Å². The summed E-state index contributed by atoms with van der Waals surface area (Å²) in [6.45, 7) is 6.19. The van der Waals surface area contributed by atoms with E-state index in [2.05, 4.69) is 10.1 Å². The van der Waals surface area contributed by atoms with Gasteiger partial charge in [-0.15, -0.1) is 13.2 Å². The number of imide groups is 1. The largest absolute Gasteiger partial charge is 0.573 e. The smallest absolute Gasteiger partial charge is 0.508 e. The standard InChI is InChI=1S/C19H25F3N2O3.C7H6O3/c1-4-7-15(13-8-10-14(11-9-13)27-19(20,21)22)23-17(26)24-12-18(5-2,6-3)16(24)25;8-6-3-1-5(2-4-6)7(9)10/h8-11,15H,4-7,12H2,1-3H3,(H,23,26);1-4,8H,(H,9,10). The Balaban J connectivity index is 0.000000402. The fraction of sp³-hybridized carbons (Fsp3) is 0.423. The predicted molar refractivity (Wildman–Crippen MR) is 129 cm³/mol. The van der Waals surface area contributed by atoms with Gasteiger partial charge in [-0.25, -0.2) is 9.59 Å². The molecule has 8 nitrogen and oxygen atoms in total. The summed E-state index contributed by atoms with van der Waals surface area (Å²) in [4.78, 5) is 36.3. The quantitative estimate of drug-likeness (QED) is 0.372. The van der Waals surface area contributed by atoms with E-state index in [1.165, 1.54) is 53.4 Å². The van der Waals surface area contributed by atoms with E-state index in [1.54, 1.807) is 0 Å². The van der Waals surface area contributed by atoms with Crippen LogP contribution in [0.4, 0.5) is 18.0 Å². The lowest BCUT2D eigenvalue weighted by atomic mass is 9.74. The van der Waals surface area contributed by atoms with E-state index in [-0.39, 0.29) is 23.0 Å². The van der Waals surface area contributed by atoms with Crippen LogP contribution in [0, 0.1) is 5.41 Å². The molecule has 0 saturated carbocycles. The van der Waals surface area contributed by atoms with Crippen LogP contribution >= 0.6 is 0 Å². The van der Waals surface area contributed by atoms with Gasteiger partial charge in [0.25, 0.3) is 0 Å². The summed E-state index contributed by atoms with van der Waals surface area (Å²) >= 11 is 0. The average molecular weight is 525 g/mol. The highest BCUT2D eigenvalue weighted by Gasteiger charge is 2.52. The van der Waals surface area contributed by atoms with Crippen molar-refractivity contribution in [2.75, 3.05) is 6.54 Å². The third-order valence-corrected chi connectivity index (χ3v) is 6.26. The van der Waals surface area contributed by atoms with Gasteiger partial charge in [-0.05, 0) is 61.2 Å². The van der Waals surface area contributed by atoms with E-state index < -0.39 is 29.8 Å². The maximum atomic E-state index is 12.5. The molecule has 1 saturated heterocycles. The van der Waals surface area contributed by atoms with Crippen LogP contribution < -0.4 is 10.1 Å². The number of aromatic hydroxyl groups is 1. The maximum absolute atomic E-state index is 12.5. The number of ether oxygens (including phenoxy) is 1. The van der Waals surface area contributed by atoms with Gasteiger partial charge < -0.3 is 20.3 Å².